The fourth-order valence-corrected chi connectivity index (χ4v) is 1.41. The molecule has 0 bridgehead atoms. The van der Waals surface area contributed by atoms with E-state index < -0.39 is 18.5 Å². The van der Waals surface area contributed by atoms with Crippen LogP contribution < -0.4 is 0 Å². The van der Waals surface area contributed by atoms with Crippen LogP contribution in [0.5, 0.6) is 0 Å². The predicted octanol–water partition coefficient (Wildman–Crippen LogP) is 2.79. The molecule has 0 aliphatic carbocycles. The van der Waals surface area contributed by atoms with Crippen molar-refractivity contribution in [3.8, 4) is 0 Å². The van der Waals surface area contributed by atoms with Crippen LogP contribution in [0.3, 0.4) is 0 Å². The maximum atomic E-state index is 13.1. The first-order valence-electron chi connectivity index (χ1n) is 4.12. The van der Waals surface area contributed by atoms with Crippen LogP contribution in [-0.4, -0.2) is 21.2 Å². The summed E-state index contributed by atoms with van der Waals surface area (Å²) in [4.78, 5) is 0. The fourth-order valence-electron chi connectivity index (χ4n) is 1.25. The zero-order chi connectivity index (χ0) is 11.9. The molecule has 0 aliphatic heterocycles. The Labute approximate surface area is 91.6 Å². The maximum Gasteiger partial charge on any atom is 0.408 e. The van der Waals surface area contributed by atoms with Crippen molar-refractivity contribution >= 4 is 22.6 Å². The predicted molar refractivity (Wildman–Crippen MR) is 48.6 cm³/mol. The first kappa shape index (κ1) is 11.1. The number of nitrogens with zero attached hydrogens (tertiary/aromatic N) is 3. The van der Waals surface area contributed by atoms with Gasteiger partial charge >= 0.3 is 6.18 Å². The molecule has 2 rings (SSSR count). The molecule has 8 heteroatoms. The zero-order valence-corrected chi connectivity index (χ0v) is 8.35. The van der Waals surface area contributed by atoms with E-state index in [4.69, 9.17) is 11.6 Å². The molecule has 0 aliphatic rings. The number of hydrogen-bond acceptors (Lipinski definition) is 2. The molecule has 0 saturated carbocycles. The van der Waals surface area contributed by atoms with Crippen molar-refractivity contribution < 1.29 is 17.6 Å². The summed E-state index contributed by atoms with van der Waals surface area (Å²) in [7, 11) is 0. The smallest absolute Gasteiger partial charge is 0.235 e. The Hall–Kier alpha value is -1.37. The van der Waals surface area contributed by atoms with Crippen LogP contribution in [0.1, 0.15) is 0 Å². The van der Waals surface area contributed by atoms with Gasteiger partial charge in [-0.15, -0.1) is 5.10 Å². The highest BCUT2D eigenvalue weighted by Crippen LogP contribution is 2.24. The Kier molecular flexibility index (Phi) is 2.49. The number of rotatable bonds is 1. The van der Waals surface area contributed by atoms with E-state index in [1.54, 1.807) is 0 Å². The summed E-state index contributed by atoms with van der Waals surface area (Å²) in [6.07, 6.45) is -4.43. The lowest BCUT2D eigenvalue weighted by Crippen LogP contribution is -2.18. The lowest BCUT2D eigenvalue weighted by Gasteiger charge is -2.06. The van der Waals surface area contributed by atoms with Gasteiger partial charge in [0, 0.05) is 6.07 Å². The van der Waals surface area contributed by atoms with Gasteiger partial charge < -0.3 is 0 Å². The molecule has 0 amide bonds. The Morgan fingerprint density at radius 1 is 1.31 bits per heavy atom. The lowest BCUT2D eigenvalue weighted by atomic mass is 10.3. The molecule has 0 fully saturated rings. The summed E-state index contributed by atoms with van der Waals surface area (Å²) < 4.78 is 50.0. The van der Waals surface area contributed by atoms with Gasteiger partial charge in [-0.1, -0.05) is 16.8 Å². The molecule has 1 aromatic heterocycles. The van der Waals surface area contributed by atoms with Crippen LogP contribution in [0, 0.1) is 5.82 Å². The quantitative estimate of drug-likeness (QED) is 0.732. The summed E-state index contributed by atoms with van der Waals surface area (Å²) in [6, 6.07) is 2.01. The van der Waals surface area contributed by atoms with E-state index in [0.29, 0.717) is 4.68 Å². The second-order valence-corrected chi connectivity index (χ2v) is 3.52. The van der Waals surface area contributed by atoms with Crippen LogP contribution in [0.25, 0.3) is 11.0 Å². The van der Waals surface area contributed by atoms with Gasteiger partial charge in [0.2, 0.25) is 0 Å². The van der Waals surface area contributed by atoms with Gasteiger partial charge in [-0.05, 0) is 6.07 Å². The van der Waals surface area contributed by atoms with Gasteiger partial charge in [0.25, 0.3) is 0 Å². The van der Waals surface area contributed by atoms with Crippen molar-refractivity contribution in [1.82, 2.24) is 15.0 Å². The Bertz CT molecular complexity index is 534. The molecule has 2 aromatic rings. The van der Waals surface area contributed by atoms with Crippen molar-refractivity contribution in [2.75, 3.05) is 0 Å². The summed E-state index contributed by atoms with van der Waals surface area (Å²) in [6.45, 7) is -1.31. The molecule has 0 atom stereocenters. The topological polar surface area (TPSA) is 30.7 Å². The molecule has 0 radical (unpaired) electrons. The van der Waals surface area contributed by atoms with E-state index in [2.05, 4.69) is 10.3 Å². The molecular weight excluding hydrogens is 250 g/mol. The molecule has 1 heterocycles. The molecule has 3 nitrogen and oxygen atoms in total. The van der Waals surface area contributed by atoms with E-state index in [9.17, 15) is 17.6 Å². The van der Waals surface area contributed by atoms with Crippen LogP contribution in [0.2, 0.25) is 5.02 Å². The van der Waals surface area contributed by atoms with Gasteiger partial charge in [-0.3, -0.25) is 0 Å². The highest BCUT2D eigenvalue weighted by Gasteiger charge is 2.29. The van der Waals surface area contributed by atoms with Gasteiger partial charge in [0.05, 0.1) is 10.5 Å². The largest absolute Gasteiger partial charge is 0.408 e. The van der Waals surface area contributed by atoms with E-state index in [1.807, 2.05) is 0 Å². The zero-order valence-electron chi connectivity index (χ0n) is 7.59. The van der Waals surface area contributed by atoms with E-state index >= 15 is 0 Å². The van der Waals surface area contributed by atoms with Crippen molar-refractivity contribution in [2.45, 2.75) is 12.7 Å². The summed E-state index contributed by atoms with van der Waals surface area (Å²) in [5.41, 5.74) is 0.0786. The Balaban J connectivity index is 2.52. The number of benzene rings is 1. The molecule has 86 valence electrons. The first-order valence-corrected chi connectivity index (χ1v) is 4.49. The molecule has 1 aromatic carbocycles. The van der Waals surface area contributed by atoms with Crippen LogP contribution in [0.4, 0.5) is 17.6 Å². The minimum atomic E-state index is -4.43. The number of hydrogen-bond donors (Lipinski definition) is 0. The van der Waals surface area contributed by atoms with Crippen LogP contribution in [0.15, 0.2) is 12.1 Å². The van der Waals surface area contributed by atoms with Crippen molar-refractivity contribution in [1.29, 1.82) is 0 Å². The maximum absolute atomic E-state index is 13.1. The molecule has 0 spiro atoms. The minimum absolute atomic E-state index is 0.0424. The van der Waals surface area contributed by atoms with Gasteiger partial charge in [-0.2, -0.15) is 13.2 Å². The van der Waals surface area contributed by atoms with Crippen LogP contribution >= 0.6 is 11.6 Å². The third-order valence-corrected chi connectivity index (χ3v) is 2.17. The third kappa shape index (κ3) is 2.08. The van der Waals surface area contributed by atoms with Gasteiger partial charge in [0.15, 0.2) is 0 Å². The summed E-state index contributed by atoms with van der Waals surface area (Å²) in [5.74, 6) is -0.806. The molecule has 16 heavy (non-hydrogen) atoms. The van der Waals surface area contributed by atoms with Crippen molar-refractivity contribution in [3.05, 3.63) is 23.0 Å². The number of fused-ring (bicyclic) bond motifs is 1. The molecule has 0 N–H and O–H groups in total. The number of aromatic nitrogens is 3. The second-order valence-electron chi connectivity index (χ2n) is 3.12. The number of halogens is 5. The Morgan fingerprint density at radius 2 is 2.00 bits per heavy atom. The summed E-state index contributed by atoms with van der Waals surface area (Å²) >= 11 is 5.46. The normalized spacial score (nSPS) is 12.3. The average molecular weight is 254 g/mol. The fraction of sp³-hybridized carbons (Fsp3) is 0.250. The number of alkyl halides is 3. The standard InChI is InChI=1S/C8H4ClF4N3/c9-4-1-6-7(2-5(4)10)16(15-14-6)3-8(11,12)13/h1-2H,3H2. The van der Waals surface area contributed by atoms with E-state index in [-0.39, 0.29) is 16.1 Å². The SMILES string of the molecule is Fc1cc2c(cc1Cl)nnn2CC(F)(F)F. The monoisotopic (exact) mass is 253 g/mol. The highest BCUT2D eigenvalue weighted by molar-refractivity contribution is 6.31. The molecule has 0 unspecified atom stereocenters. The lowest BCUT2D eigenvalue weighted by molar-refractivity contribution is -0.142. The second kappa shape index (κ2) is 3.58. The highest BCUT2D eigenvalue weighted by atomic mass is 35.5. The minimum Gasteiger partial charge on any atom is -0.235 e. The van der Waals surface area contributed by atoms with Crippen molar-refractivity contribution in [3.63, 3.8) is 0 Å². The third-order valence-electron chi connectivity index (χ3n) is 1.89. The summed E-state index contributed by atoms with van der Waals surface area (Å²) in [5, 5.41) is 6.55. The van der Waals surface area contributed by atoms with E-state index in [0.717, 1.165) is 12.1 Å². The molecule has 0 saturated heterocycles. The van der Waals surface area contributed by atoms with E-state index in [1.165, 1.54) is 0 Å². The first-order chi connectivity index (χ1) is 7.37. The average Bonchev–Trinajstić information content (AvgIpc) is 2.47. The molecular formula is C8H4ClF4N3. The van der Waals surface area contributed by atoms with Gasteiger partial charge in [0.1, 0.15) is 17.9 Å². The van der Waals surface area contributed by atoms with Crippen LogP contribution in [-0.2, 0) is 6.54 Å². The Morgan fingerprint density at radius 3 is 2.62 bits per heavy atom. The van der Waals surface area contributed by atoms with Gasteiger partial charge in [-0.25, -0.2) is 9.07 Å². The van der Waals surface area contributed by atoms with Crippen molar-refractivity contribution in [2.24, 2.45) is 0 Å².